The van der Waals surface area contributed by atoms with Crippen LogP contribution in [0, 0.1) is 6.92 Å². The van der Waals surface area contributed by atoms with Crippen LogP contribution >= 0.6 is 0 Å². The smallest absolute Gasteiger partial charge is 0.338 e. The van der Waals surface area contributed by atoms with E-state index in [1.54, 1.807) is 0 Å². The average Bonchev–Trinajstić information content (AvgIpc) is 2.91. The van der Waals surface area contributed by atoms with E-state index in [9.17, 15) is 9.59 Å². The number of esters is 2. The molecule has 1 aromatic carbocycles. The molecule has 0 unspecified atom stereocenters. The molecule has 0 saturated carbocycles. The summed E-state index contributed by atoms with van der Waals surface area (Å²) in [6.45, 7) is 1.89. The van der Waals surface area contributed by atoms with Crippen LogP contribution in [0.15, 0.2) is 24.3 Å². The van der Waals surface area contributed by atoms with Crippen molar-refractivity contribution in [1.82, 2.24) is 0 Å². The van der Waals surface area contributed by atoms with E-state index in [2.05, 4.69) is 9.47 Å². The highest BCUT2D eigenvalue weighted by Gasteiger charge is 2.47. The molecular weight excluding hydrogens is 264 g/mol. The van der Waals surface area contributed by atoms with Crippen molar-refractivity contribution >= 4 is 11.9 Å². The van der Waals surface area contributed by atoms with Crippen LogP contribution < -0.4 is 0 Å². The molecule has 1 heterocycles. The number of methoxy groups -OCH3 is 2. The Balaban J connectivity index is 2.26. The zero-order valence-corrected chi connectivity index (χ0v) is 11.5. The molecule has 0 bridgehead atoms. The Bertz CT molecular complexity index is 488. The lowest BCUT2D eigenvalue weighted by molar-refractivity contribution is -0.160. The van der Waals surface area contributed by atoms with Crippen molar-refractivity contribution in [2.45, 2.75) is 25.4 Å². The maximum Gasteiger partial charge on any atom is 0.338 e. The Labute approximate surface area is 116 Å². The summed E-state index contributed by atoms with van der Waals surface area (Å²) in [5.74, 6) is -1.34. The van der Waals surface area contributed by atoms with Crippen LogP contribution in [0.25, 0.3) is 0 Å². The van der Waals surface area contributed by atoms with Crippen molar-refractivity contribution in [3.63, 3.8) is 0 Å². The second kappa shape index (κ2) is 6.02. The minimum atomic E-state index is -1.13. The third-order valence-corrected chi connectivity index (χ3v) is 3.12. The van der Waals surface area contributed by atoms with Crippen LogP contribution in [0.3, 0.4) is 0 Å². The molecule has 0 aromatic heterocycles. The first-order valence-corrected chi connectivity index (χ1v) is 6.10. The number of hydrogen-bond acceptors (Lipinski definition) is 6. The highest BCUT2D eigenvalue weighted by molar-refractivity contribution is 5.86. The van der Waals surface area contributed by atoms with E-state index < -0.39 is 30.4 Å². The molecule has 0 aliphatic carbocycles. The first-order chi connectivity index (χ1) is 9.58. The fraction of sp³-hybridized carbons (Fsp3) is 0.429. The zero-order valence-electron chi connectivity index (χ0n) is 11.5. The highest BCUT2D eigenvalue weighted by atomic mass is 16.8. The van der Waals surface area contributed by atoms with Crippen molar-refractivity contribution in [3.05, 3.63) is 35.4 Å². The van der Waals surface area contributed by atoms with Crippen LogP contribution in [0.5, 0.6) is 0 Å². The summed E-state index contributed by atoms with van der Waals surface area (Å²) in [7, 11) is 2.45. The molecule has 1 fully saturated rings. The zero-order chi connectivity index (χ0) is 14.7. The third-order valence-electron chi connectivity index (χ3n) is 3.12. The molecule has 20 heavy (non-hydrogen) atoms. The highest BCUT2D eigenvalue weighted by Crippen LogP contribution is 2.33. The second-order valence-electron chi connectivity index (χ2n) is 4.35. The van der Waals surface area contributed by atoms with Crippen molar-refractivity contribution < 1.29 is 28.5 Å². The lowest BCUT2D eigenvalue weighted by Crippen LogP contribution is -2.38. The average molecular weight is 280 g/mol. The summed E-state index contributed by atoms with van der Waals surface area (Å²) in [5.41, 5.74) is 1.69. The molecule has 2 atom stereocenters. The summed E-state index contributed by atoms with van der Waals surface area (Å²) in [5, 5.41) is 0. The van der Waals surface area contributed by atoms with Crippen LogP contribution in [-0.2, 0) is 28.5 Å². The molecule has 1 aliphatic rings. The summed E-state index contributed by atoms with van der Waals surface area (Å²) in [4.78, 5) is 23.3. The molecule has 1 aliphatic heterocycles. The molecule has 2 rings (SSSR count). The maximum absolute atomic E-state index is 11.7. The largest absolute Gasteiger partial charge is 0.467 e. The van der Waals surface area contributed by atoms with Crippen LogP contribution in [-0.4, -0.2) is 38.4 Å². The predicted molar refractivity (Wildman–Crippen MR) is 67.7 cm³/mol. The normalized spacial score (nSPS) is 22.6. The third kappa shape index (κ3) is 2.66. The van der Waals surface area contributed by atoms with Crippen molar-refractivity contribution in [2.24, 2.45) is 0 Å². The summed E-state index contributed by atoms with van der Waals surface area (Å²) in [6, 6.07) is 7.41. The Morgan fingerprint density at radius 1 is 1.00 bits per heavy atom. The van der Waals surface area contributed by atoms with E-state index in [0.29, 0.717) is 0 Å². The number of aryl methyl sites for hydroxylation is 1. The van der Waals surface area contributed by atoms with Crippen molar-refractivity contribution in [1.29, 1.82) is 0 Å². The lowest BCUT2D eigenvalue weighted by Gasteiger charge is -2.12. The SMILES string of the molecule is COC(=O)[C@H]1OC(c2ccccc2C)O[C@@H]1C(=O)OC. The van der Waals surface area contributed by atoms with Crippen molar-refractivity contribution in [2.75, 3.05) is 14.2 Å². The predicted octanol–water partition coefficient (Wildman–Crippen LogP) is 1.12. The molecule has 0 amide bonds. The van der Waals surface area contributed by atoms with Crippen LogP contribution in [0.4, 0.5) is 0 Å². The van der Waals surface area contributed by atoms with E-state index in [0.717, 1.165) is 11.1 Å². The molecule has 1 aromatic rings. The number of carbonyl (C=O) groups excluding carboxylic acids is 2. The molecule has 1 saturated heterocycles. The first kappa shape index (κ1) is 14.5. The molecule has 0 N–H and O–H groups in total. The lowest BCUT2D eigenvalue weighted by atomic mass is 10.1. The van der Waals surface area contributed by atoms with Gasteiger partial charge < -0.3 is 18.9 Å². The van der Waals surface area contributed by atoms with Gasteiger partial charge in [-0.15, -0.1) is 0 Å². The molecule has 108 valence electrons. The van der Waals surface area contributed by atoms with Gasteiger partial charge in [0.2, 0.25) is 0 Å². The van der Waals surface area contributed by atoms with E-state index in [-0.39, 0.29) is 0 Å². The summed E-state index contributed by atoms with van der Waals surface area (Å²) in [6.07, 6.45) is -3.06. The fourth-order valence-corrected chi connectivity index (χ4v) is 2.03. The number of benzene rings is 1. The van der Waals surface area contributed by atoms with Gasteiger partial charge in [-0.05, 0) is 12.5 Å². The minimum Gasteiger partial charge on any atom is -0.467 e. The fourth-order valence-electron chi connectivity index (χ4n) is 2.03. The van der Waals surface area contributed by atoms with E-state index in [4.69, 9.17) is 9.47 Å². The van der Waals surface area contributed by atoms with E-state index >= 15 is 0 Å². The maximum atomic E-state index is 11.7. The van der Waals surface area contributed by atoms with Crippen molar-refractivity contribution in [3.8, 4) is 0 Å². The monoisotopic (exact) mass is 280 g/mol. The van der Waals surface area contributed by atoms with Gasteiger partial charge in [0.15, 0.2) is 18.5 Å². The Morgan fingerprint density at radius 2 is 1.50 bits per heavy atom. The van der Waals surface area contributed by atoms with Gasteiger partial charge in [-0.25, -0.2) is 9.59 Å². The van der Waals surface area contributed by atoms with Gasteiger partial charge >= 0.3 is 11.9 Å². The van der Waals surface area contributed by atoms with Gasteiger partial charge in [0, 0.05) is 5.56 Å². The van der Waals surface area contributed by atoms with E-state index in [1.165, 1.54) is 14.2 Å². The Hall–Kier alpha value is -1.92. The van der Waals surface area contributed by atoms with Gasteiger partial charge in [0.25, 0.3) is 0 Å². The molecular formula is C14H16O6. The summed E-state index contributed by atoms with van der Waals surface area (Å²) >= 11 is 0. The topological polar surface area (TPSA) is 71.1 Å². The molecule has 0 radical (unpaired) electrons. The Kier molecular flexibility index (Phi) is 4.36. The Morgan fingerprint density at radius 3 is 1.95 bits per heavy atom. The first-order valence-electron chi connectivity index (χ1n) is 6.10. The molecule has 6 nitrogen and oxygen atoms in total. The number of ether oxygens (including phenoxy) is 4. The van der Waals surface area contributed by atoms with Crippen LogP contribution in [0.1, 0.15) is 17.4 Å². The van der Waals surface area contributed by atoms with Gasteiger partial charge in [-0.3, -0.25) is 0 Å². The standard InChI is InChI=1S/C14H16O6/c1-8-6-4-5-7-9(8)14-19-10(12(15)17-2)11(20-14)13(16)18-3/h4-7,10-11,14H,1-3H3/t10-,11-/m0/s1. The second-order valence-corrected chi connectivity index (χ2v) is 4.35. The molecule has 0 spiro atoms. The number of rotatable bonds is 3. The molecule has 6 heteroatoms. The quantitative estimate of drug-likeness (QED) is 0.773. The number of carbonyl (C=O) groups is 2. The number of hydrogen-bond donors (Lipinski definition) is 0. The van der Waals surface area contributed by atoms with Gasteiger partial charge in [0.1, 0.15) is 0 Å². The van der Waals surface area contributed by atoms with Gasteiger partial charge in [-0.1, -0.05) is 24.3 Å². The minimum absolute atomic E-state index is 0.670. The summed E-state index contributed by atoms with van der Waals surface area (Å²) < 4.78 is 20.3. The van der Waals surface area contributed by atoms with Gasteiger partial charge in [-0.2, -0.15) is 0 Å². The van der Waals surface area contributed by atoms with E-state index in [1.807, 2.05) is 31.2 Å². The van der Waals surface area contributed by atoms with Gasteiger partial charge in [0.05, 0.1) is 14.2 Å². The van der Waals surface area contributed by atoms with Crippen LogP contribution in [0.2, 0.25) is 0 Å².